The molecule has 0 bridgehead atoms. The lowest BCUT2D eigenvalue weighted by Gasteiger charge is -2.15. The molecule has 1 amide bonds. The summed E-state index contributed by atoms with van der Waals surface area (Å²) in [6.07, 6.45) is 2.93. The molecule has 2 aromatic heterocycles. The van der Waals surface area contributed by atoms with Gasteiger partial charge in [-0.05, 0) is 6.07 Å². The minimum absolute atomic E-state index is 0.139. The summed E-state index contributed by atoms with van der Waals surface area (Å²) in [7, 11) is 1.67. The van der Waals surface area contributed by atoms with E-state index in [1.54, 1.807) is 7.05 Å². The lowest BCUT2D eigenvalue weighted by molar-refractivity contribution is 0.0785. The first kappa shape index (κ1) is 15.0. The van der Waals surface area contributed by atoms with Gasteiger partial charge in [0, 0.05) is 41.3 Å². The number of hydrogen-bond acceptors (Lipinski definition) is 4. The Labute approximate surface area is 126 Å². The number of carbonyl (C=O) groups excluding carboxylic acids is 1. The maximum absolute atomic E-state index is 12.2. The van der Waals surface area contributed by atoms with Crippen LogP contribution in [0.2, 0.25) is 0 Å². The van der Waals surface area contributed by atoms with Crippen LogP contribution in [0.3, 0.4) is 0 Å². The van der Waals surface area contributed by atoms with Gasteiger partial charge in [0.1, 0.15) is 5.56 Å². The maximum atomic E-state index is 12.2. The van der Waals surface area contributed by atoms with Crippen molar-refractivity contribution in [3.63, 3.8) is 0 Å². The Morgan fingerprint density at radius 1 is 1.52 bits per heavy atom. The van der Waals surface area contributed by atoms with Crippen LogP contribution in [-0.2, 0) is 6.54 Å². The quantitative estimate of drug-likeness (QED) is 0.831. The molecule has 0 unspecified atom stereocenters. The number of amides is 1. The fourth-order valence-corrected chi connectivity index (χ4v) is 2.65. The molecule has 0 atom stereocenters. The third kappa shape index (κ3) is 3.81. The molecule has 0 aliphatic rings. The maximum Gasteiger partial charge on any atom is 0.259 e. The molecule has 3 N–H and O–H groups in total. The van der Waals surface area contributed by atoms with Crippen LogP contribution in [0.15, 0.2) is 34.7 Å². The molecule has 0 saturated carbocycles. The summed E-state index contributed by atoms with van der Waals surface area (Å²) in [5.41, 5.74) is 6.07. The number of nitrogens with zero attached hydrogens (tertiary/aromatic N) is 1. The third-order valence-corrected chi connectivity index (χ3v) is 3.70. The highest BCUT2D eigenvalue weighted by atomic mass is 32.1. The Bertz CT molecular complexity index is 752. The van der Waals surface area contributed by atoms with Crippen LogP contribution in [0.1, 0.15) is 20.8 Å². The Balaban J connectivity index is 2.09. The van der Waals surface area contributed by atoms with Gasteiger partial charge >= 0.3 is 0 Å². The fourth-order valence-electron chi connectivity index (χ4n) is 1.78. The Morgan fingerprint density at radius 3 is 3.05 bits per heavy atom. The van der Waals surface area contributed by atoms with E-state index in [1.807, 2.05) is 11.4 Å². The van der Waals surface area contributed by atoms with Crippen molar-refractivity contribution in [3.8, 4) is 11.8 Å². The lowest BCUT2D eigenvalue weighted by Crippen LogP contribution is -2.30. The van der Waals surface area contributed by atoms with Crippen molar-refractivity contribution in [2.75, 3.05) is 13.6 Å². The number of rotatable bonds is 3. The summed E-state index contributed by atoms with van der Waals surface area (Å²) in [6, 6.07) is 3.26. The fraction of sp³-hybridized carbons (Fsp3) is 0.200. The molecule has 2 heterocycles. The van der Waals surface area contributed by atoms with Crippen LogP contribution < -0.4 is 11.2 Å². The molecule has 0 aromatic carbocycles. The second kappa shape index (κ2) is 6.88. The van der Waals surface area contributed by atoms with Gasteiger partial charge < -0.3 is 15.6 Å². The van der Waals surface area contributed by atoms with Crippen LogP contribution in [0.4, 0.5) is 0 Å². The van der Waals surface area contributed by atoms with E-state index >= 15 is 0 Å². The highest BCUT2D eigenvalue weighted by molar-refractivity contribution is 7.10. The van der Waals surface area contributed by atoms with Crippen LogP contribution in [0.5, 0.6) is 0 Å². The van der Waals surface area contributed by atoms with Gasteiger partial charge in [-0.15, -0.1) is 11.3 Å². The first-order valence-corrected chi connectivity index (χ1v) is 7.18. The predicted molar refractivity (Wildman–Crippen MR) is 83.1 cm³/mol. The zero-order chi connectivity index (χ0) is 15.2. The van der Waals surface area contributed by atoms with Crippen LogP contribution in [0.25, 0.3) is 0 Å². The molecule has 0 aliphatic heterocycles. The summed E-state index contributed by atoms with van der Waals surface area (Å²) in [5, 5.41) is 1.92. The second-order valence-corrected chi connectivity index (χ2v) is 5.39. The van der Waals surface area contributed by atoms with E-state index in [4.69, 9.17) is 5.73 Å². The number of hydrogen-bond donors (Lipinski definition) is 2. The topological polar surface area (TPSA) is 79.2 Å². The van der Waals surface area contributed by atoms with Crippen LogP contribution in [0, 0.1) is 11.8 Å². The van der Waals surface area contributed by atoms with Crippen LogP contribution in [-0.4, -0.2) is 29.4 Å². The highest BCUT2D eigenvalue weighted by Crippen LogP contribution is 2.16. The second-order valence-electron chi connectivity index (χ2n) is 4.39. The average molecular weight is 301 g/mol. The van der Waals surface area contributed by atoms with Crippen molar-refractivity contribution in [3.05, 3.63) is 56.1 Å². The van der Waals surface area contributed by atoms with E-state index < -0.39 is 0 Å². The molecule has 0 radical (unpaired) electrons. The number of carbonyl (C=O) groups is 1. The third-order valence-electron chi connectivity index (χ3n) is 2.78. The van der Waals surface area contributed by atoms with Gasteiger partial charge in [-0.25, -0.2) is 0 Å². The van der Waals surface area contributed by atoms with Crippen molar-refractivity contribution in [1.82, 2.24) is 9.88 Å². The molecule has 0 aliphatic carbocycles. The zero-order valence-corrected chi connectivity index (χ0v) is 12.4. The van der Waals surface area contributed by atoms with E-state index in [0.717, 1.165) is 10.4 Å². The van der Waals surface area contributed by atoms with Gasteiger partial charge in [0.15, 0.2) is 5.43 Å². The van der Waals surface area contributed by atoms with Crippen LogP contribution >= 0.6 is 11.3 Å². The summed E-state index contributed by atoms with van der Waals surface area (Å²) < 4.78 is 0. The zero-order valence-electron chi connectivity index (χ0n) is 11.6. The summed E-state index contributed by atoms with van der Waals surface area (Å²) in [4.78, 5) is 29.1. The minimum atomic E-state index is -0.306. The smallest absolute Gasteiger partial charge is 0.259 e. The summed E-state index contributed by atoms with van der Waals surface area (Å²) in [5.74, 6) is 5.42. The lowest BCUT2D eigenvalue weighted by atomic mass is 10.2. The first-order chi connectivity index (χ1) is 10.1. The van der Waals surface area contributed by atoms with Gasteiger partial charge in [0.05, 0.1) is 13.1 Å². The van der Waals surface area contributed by atoms with Gasteiger partial charge in [0.2, 0.25) is 0 Å². The normalized spacial score (nSPS) is 9.81. The number of pyridine rings is 1. The number of aromatic nitrogens is 1. The number of H-pyrrole nitrogens is 1. The SMILES string of the molecule is CN(Cc1cc(C#CCN)cs1)C(=O)c1c[nH]ccc1=O. The summed E-state index contributed by atoms with van der Waals surface area (Å²) in [6.45, 7) is 0.752. The van der Waals surface area contributed by atoms with Gasteiger partial charge in [-0.2, -0.15) is 0 Å². The van der Waals surface area contributed by atoms with E-state index in [1.165, 1.54) is 34.7 Å². The molecule has 6 heteroatoms. The molecular weight excluding hydrogens is 286 g/mol. The van der Waals surface area contributed by atoms with Crippen molar-refractivity contribution in [2.45, 2.75) is 6.54 Å². The van der Waals surface area contributed by atoms with E-state index in [9.17, 15) is 9.59 Å². The van der Waals surface area contributed by atoms with Crippen molar-refractivity contribution in [1.29, 1.82) is 0 Å². The Morgan fingerprint density at radius 2 is 2.33 bits per heavy atom. The highest BCUT2D eigenvalue weighted by Gasteiger charge is 2.15. The minimum Gasteiger partial charge on any atom is -0.367 e. The van der Waals surface area contributed by atoms with Gasteiger partial charge in [-0.1, -0.05) is 11.8 Å². The largest absolute Gasteiger partial charge is 0.367 e. The van der Waals surface area contributed by atoms with Crippen molar-refractivity contribution < 1.29 is 4.79 Å². The number of nitrogens with one attached hydrogen (secondary N) is 1. The molecular formula is C15H15N3O2S. The van der Waals surface area contributed by atoms with Crippen molar-refractivity contribution >= 4 is 17.2 Å². The molecule has 2 aromatic rings. The standard InChI is InChI=1S/C15H15N3O2S/c1-18(15(20)13-8-17-6-4-14(13)19)9-12-7-11(10-21-12)3-2-5-16/h4,6-8,10H,5,9,16H2,1H3,(H,17,19). The molecule has 21 heavy (non-hydrogen) atoms. The number of aromatic amines is 1. The molecule has 5 nitrogen and oxygen atoms in total. The van der Waals surface area contributed by atoms with Crippen molar-refractivity contribution in [2.24, 2.45) is 5.73 Å². The predicted octanol–water partition coefficient (Wildman–Crippen LogP) is 1.02. The molecule has 0 fully saturated rings. The van der Waals surface area contributed by atoms with E-state index in [0.29, 0.717) is 13.1 Å². The summed E-state index contributed by atoms with van der Waals surface area (Å²) >= 11 is 1.52. The van der Waals surface area contributed by atoms with Gasteiger partial charge in [-0.3, -0.25) is 9.59 Å². The molecule has 0 saturated heterocycles. The monoisotopic (exact) mass is 301 g/mol. The number of nitrogens with two attached hydrogens (primary N) is 1. The average Bonchev–Trinajstić information content (AvgIpc) is 2.92. The first-order valence-electron chi connectivity index (χ1n) is 6.30. The Kier molecular flexibility index (Phi) is 4.93. The Hall–Kier alpha value is -2.36. The van der Waals surface area contributed by atoms with E-state index in [2.05, 4.69) is 16.8 Å². The number of thiophene rings is 1. The molecule has 108 valence electrons. The van der Waals surface area contributed by atoms with Gasteiger partial charge in [0.25, 0.3) is 5.91 Å². The molecule has 2 rings (SSSR count). The molecule has 0 spiro atoms. The van der Waals surface area contributed by atoms with E-state index in [-0.39, 0.29) is 16.9 Å².